The number of nitrogens with zero attached hydrogens (tertiary/aromatic N) is 2. The molecule has 1 atom stereocenters. The number of aliphatic hydroxyl groups is 1. The lowest BCUT2D eigenvalue weighted by molar-refractivity contribution is -0.132. The van der Waals surface area contributed by atoms with Crippen LogP contribution in [0.3, 0.4) is 0 Å². The van der Waals surface area contributed by atoms with Gasteiger partial charge in [-0.05, 0) is 31.7 Å². The first-order valence-corrected chi connectivity index (χ1v) is 6.69. The van der Waals surface area contributed by atoms with Crippen LogP contribution >= 0.6 is 0 Å². The molecular weight excluding hydrogens is 230 g/mol. The van der Waals surface area contributed by atoms with Gasteiger partial charge < -0.3 is 10.0 Å². The van der Waals surface area contributed by atoms with Gasteiger partial charge >= 0.3 is 0 Å². The molecule has 2 N–H and O–H groups in total. The molecule has 1 unspecified atom stereocenters. The second kappa shape index (κ2) is 6.54. The van der Waals surface area contributed by atoms with Gasteiger partial charge in [-0.3, -0.25) is 9.89 Å². The zero-order valence-corrected chi connectivity index (χ0v) is 10.6. The van der Waals surface area contributed by atoms with Crippen LogP contribution in [0, 0.1) is 0 Å². The number of H-pyrrole nitrogens is 1. The molecule has 0 aromatic carbocycles. The first kappa shape index (κ1) is 13.1. The van der Waals surface area contributed by atoms with Gasteiger partial charge in [-0.2, -0.15) is 5.10 Å². The van der Waals surface area contributed by atoms with Gasteiger partial charge in [-0.1, -0.05) is 0 Å². The van der Waals surface area contributed by atoms with Crippen LogP contribution < -0.4 is 0 Å². The van der Waals surface area contributed by atoms with Gasteiger partial charge in [0.2, 0.25) is 5.91 Å². The highest BCUT2D eigenvalue weighted by Crippen LogP contribution is 2.25. The lowest BCUT2D eigenvalue weighted by Gasteiger charge is -2.32. The van der Waals surface area contributed by atoms with Crippen LogP contribution in [-0.4, -0.2) is 45.8 Å². The molecule has 0 radical (unpaired) electrons. The second-order valence-corrected chi connectivity index (χ2v) is 4.87. The number of carbonyl (C=O) groups excluding carboxylic acids is 1. The van der Waals surface area contributed by atoms with Crippen molar-refractivity contribution in [2.24, 2.45) is 0 Å². The lowest BCUT2D eigenvalue weighted by Crippen LogP contribution is -2.39. The number of hydrogen-bond acceptors (Lipinski definition) is 3. The monoisotopic (exact) mass is 251 g/mol. The quantitative estimate of drug-likeness (QED) is 0.774. The third-order valence-electron chi connectivity index (χ3n) is 3.53. The molecule has 5 heteroatoms. The number of carbonyl (C=O) groups is 1. The summed E-state index contributed by atoms with van der Waals surface area (Å²) >= 11 is 0. The molecule has 1 aromatic heterocycles. The molecule has 18 heavy (non-hydrogen) atoms. The smallest absolute Gasteiger partial charge is 0.222 e. The number of rotatable bonds is 5. The van der Waals surface area contributed by atoms with Gasteiger partial charge in [-0.15, -0.1) is 0 Å². The Morgan fingerprint density at radius 1 is 1.56 bits per heavy atom. The molecule has 2 heterocycles. The van der Waals surface area contributed by atoms with E-state index in [1.54, 1.807) is 6.20 Å². The van der Waals surface area contributed by atoms with E-state index in [2.05, 4.69) is 10.2 Å². The van der Waals surface area contributed by atoms with E-state index in [4.69, 9.17) is 5.11 Å². The fourth-order valence-electron chi connectivity index (χ4n) is 2.50. The summed E-state index contributed by atoms with van der Waals surface area (Å²) in [5.41, 5.74) is 1.13. The number of hydrogen-bond donors (Lipinski definition) is 2. The van der Waals surface area contributed by atoms with Crippen LogP contribution in [0.25, 0.3) is 0 Å². The maximum atomic E-state index is 12.0. The Morgan fingerprint density at radius 3 is 3.17 bits per heavy atom. The molecule has 0 bridgehead atoms. The van der Waals surface area contributed by atoms with Crippen molar-refractivity contribution in [3.63, 3.8) is 0 Å². The van der Waals surface area contributed by atoms with Gasteiger partial charge in [0.25, 0.3) is 0 Å². The normalized spacial score (nSPS) is 20.1. The van der Waals surface area contributed by atoms with Gasteiger partial charge in [0, 0.05) is 43.9 Å². The van der Waals surface area contributed by atoms with E-state index in [0.717, 1.165) is 38.0 Å². The number of unbranched alkanes of at least 4 members (excludes halogenated alkanes) is 1. The number of aromatic nitrogens is 2. The number of amides is 1. The van der Waals surface area contributed by atoms with Crippen molar-refractivity contribution in [1.82, 2.24) is 15.1 Å². The maximum Gasteiger partial charge on any atom is 0.222 e. The highest BCUT2D eigenvalue weighted by Gasteiger charge is 2.24. The fraction of sp³-hybridized carbons (Fsp3) is 0.692. The Hall–Kier alpha value is -1.36. The predicted molar refractivity (Wildman–Crippen MR) is 68.1 cm³/mol. The summed E-state index contributed by atoms with van der Waals surface area (Å²) in [6.07, 6.45) is 5.97. The van der Waals surface area contributed by atoms with E-state index in [0.29, 0.717) is 18.8 Å². The second-order valence-electron chi connectivity index (χ2n) is 4.87. The van der Waals surface area contributed by atoms with E-state index in [-0.39, 0.29) is 12.5 Å². The predicted octanol–water partition coefficient (Wildman–Crippen LogP) is 1.28. The van der Waals surface area contributed by atoms with Crippen molar-refractivity contribution in [3.8, 4) is 0 Å². The molecule has 1 fully saturated rings. The van der Waals surface area contributed by atoms with Crippen molar-refractivity contribution < 1.29 is 9.90 Å². The summed E-state index contributed by atoms with van der Waals surface area (Å²) in [6.45, 7) is 1.83. The number of likely N-dealkylation sites (tertiary alicyclic amines) is 1. The van der Waals surface area contributed by atoms with Crippen molar-refractivity contribution >= 4 is 5.91 Å². The largest absolute Gasteiger partial charge is 0.396 e. The number of aromatic amines is 1. The van der Waals surface area contributed by atoms with Gasteiger partial charge in [0.05, 0.1) is 0 Å². The molecule has 1 aromatic rings. The molecule has 1 amide bonds. The van der Waals surface area contributed by atoms with E-state index < -0.39 is 0 Å². The van der Waals surface area contributed by atoms with Gasteiger partial charge in [0.15, 0.2) is 0 Å². The molecule has 5 nitrogen and oxygen atoms in total. The van der Waals surface area contributed by atoms with E-state index in [1.165, 1.54) is 0 Å². The maximum absolute atomic E-state index is 12.0. The summed E-state index contributed by atoms with van der Waals surface area (Å²) < 4.78 is 0. The lowest BCUT2D eigenvalue weighted by atomic mass is 9.94. The molecule has 0 saturated carbocycles. The number of piperidine rings is 1. The first-order chi connectivity index (χ1) is 8.81. The number of nitrogens with one attached hydrogen (secondary N) is 1. The Morgan fingerprint density at radius 2 is 2.44 bits per heavy atom. The zero-order chi connectivity index (χ0) is 12.8. The molecule has 0 spiro atoms. The van der Waals surface area contributed by atoms with Crippen LogP contribution in [0.2, 0.25) is 0 Å². The minimum Gasteiger partial charge on any atom is -0.396 e. The molecule has 1 aliphatic rings. The van der Waals surface area contributed by atoms with Crippen LogP contribution in [0.1, 0.15) is 43.7 Å². The van der Waals surface area contributed by atoms with E-state index in [1.807, 2.05) is 11.0 Å². The Balaban J connectivity index is 1.84. The SMILES string of the molecule is O=C(CCCCO)N1CCCC(c2ccn[nH]2)C1. The average molecular weight is 251 g/mol. The Kier molecular flexibility index (Phi) is 4.75. The summed E-state index contributed by atoms with van der Waals surface area (Å²) in [6, 6.07) is 1.99. The van der Waals surface area contributed by atoms with Crippen LogP contribution in [-0.2, 0) is 4.79 Å². The topological polar surface area (TPSA) is 69.2 Å². The van der Waals surface area contributed by atoms with Gasteiger partial charge in [0.1, 0.15) is 0 Å². The molecule has 1 saturated heterocycles. The van der Waals surface area contributed by atoms with Crippen LogP contribution in [0.5, 0.6) is 0 Å². The molecule has 0 aliphatic carbocycles. The Labute approximate surface area is 107 Å². The highest BCUT2D eigenvalue weighted by atomic mass is 16.3. The van der Waals surface area contributed by atoms with Crippen molar-refractivity contribution in [3.05, 3.63) is 18.0 Å². The summed E-state index contributed by atoms with van der Waals surface area (Å²) in [5.74, 6) is 0.607. The van der Waals surface area contributed by atoms with Gasteiger partial charge in [-0.25, -0.2) is 0 Å². The summed E-state index contributed by atoms with van der Waals surface area (Å²) in [7, 11) is 0. The summed E-state index contributed by atoms with van der Waals surface area (Å²) in [4.78, 5) is 14.0. The highest BCUT2D eigenvalue weighted by molar-refractivity contribution is 5.76. The summed E-state index contributed by atoms with van der Waals surface area (Å²) in [5, 5.41) is 15.7. The molecule has 100 valence electrons. The standard InChI is InChI=1S/C13H21N3O2/c17-9-2-1-5-13(18)16-8-3-4-11(10-16)12-6-7-14-15-12/h6-7,11,17H,1-5,8-10H2,(H,14,15). The molecule has 1 aliphatic heterocycles. The van der Waals surface area contributed by atoms with E-state index >= 15 is 0 Å². The average Bonchev–Trinajstić information content (AvgIpc) is 2.93. The third-order valence-corrected chi connectivity index (χ3v) is 3.53. The van der Waals surface area contributed by atoms with E-state index in [9.17, 15) is 4.79 Å². The number of aliphatic hydroxyl groups excluding tert-OH is 1. The zero-order valence-electron chi connectivity index (χ0n) is 10.6. The molecular formula is C13H21N3O2. The minimum absolute atomic E-state index is 0.171. The minimum atomic E-state index is 0.171. The van der Waals surface area contributed by atoms with Crippen molar-refractivity contribution in [1.29, 1.82) is 0 Å². The first-order valence-electron chi connectivity index (χ1n) is 6.69. The van der Waals surface area contributed by atoms with Crippen LogP contribution in [0.4, 0.5) is 0 Å². The fourth-order valence-corrected chi connectivity index (χ4v) is 2.50. The third kappa shape index (κ3) is 3.32. The van der Waals surface area contributed by atoms with Crippen molar-refractivity contribution in [2.75, 3.05) is 19.7 Å². The van der Waals surface area contributed by atoms with Crippen molar-refractivity contribution in [2.45, 2.75) is 38.0 Å². The van der Waals surface area contributed by atoms with Crippen LogP contribution in [0.15, 0.2) is 12.3 Å². The molecule has 2 rings (SSSR count). The Bertz CT molecular complexity index is 364.